The van der Waals surface area contributed by atoms with Gasteiger partial charge in [0.15, 0.2) is 0 Å². The number of esters is 1. The van der Waals surface area contributed by atoms with E-state index in [-0.39, 0.29) is 24.5 Å². The van der Waals surface area contributed by atoms with E-state index in [0.717, 1.165) is 5.56 Å². The highest BCUT2D eigenvalue weighted by atomic mass is 32.2. The first-order chi connectivity index (χ1) is 9.95. The molecule has 0 atom stereocenters. The molecule has 1 saturated heterocycles. The Balaban J connectivity index is 2.06. The Morgan fingerprint density at radius 2 is 1.81 bits per heavy atom. The summed E-state index contributed by atoms with van der Waals surface area (Å²) in [4.78, 5) is 21.8. The number of benzene rings is 1. The van der Waals surface area contributed by atoms with Gasteiger partial charge in [-0.25, -0.2) is 8.42 Å². The fourth-order valence-electron chi connectivity index (χ4n) is 2.33. The second-order valence-electron chi connectivity index (χ2n) is 5.02. The molecule has 0 saturated carbocycles. The molecule has 1 aliphatic rings. The largest absolute Gasteiger partial charge is 0.395 e. The summed E-state index contributed by atoms with van der Waals surface area (Å²) in [7, 11) is -3.53. The van der Waals surface area contributed by atoms with Gasteiger partial charge >= 0.3 is 12.4 Å². The van der Waals surface area contributed by atoms with Crippen molar-refractivity contribution < 1.29 is 22.7 Å². The third kappa shape index (κ3) is 3.48. The highest BCUT2D eigenvalue weighted by molar-refractivity contribution is 7.89. The number of nitrogens with zero attached hydrogens (tertiary/aromatic N) is 1. The van der Waals surface area contributed by atoms with Crippen molar-refractivity contribution in [2.24, 2.45) is 5.92 Å². The molecule has 0 N–H and O–H groups in total. The first-order valence-electron chi connectivity index (χ1n) is 6.66. The molecule has 0 amide bonds. The molecule has 1 aromatic carbocycles. The zero-order chi connectivity index (χ0) is 15.5. The summed E-state index contributed by atoms with van der Waals surface area (Å²) in [6, 6.07) is 6.66. The van der Waals surface area contributed by atoms with Gasteiger partial charge in [0, 0.05) is 13.1 Å². The molecule has 1 aliphatic heterocycles. The van der Waals surface area contributed by atoms with Crippen molar-refractivity contribution in [3.8, 4) is 0 Å². The first kappa shape index (κ1) is 15.7. The smallest absolute Gasteiger partial charge is 0.316 e. The molecular formula is C14H17NO5S. The number of sulfonamides is 1. The monoisotopic (exact) mass is 311 g/mol. The van der Waals surface area contributed by atoms with Crippen LogP contribution in [0.25, 0.3) is 0 Å². The quantitative estimate of drug-likeness (QED) is 0.472. The molecule has 0 unspecified atom stereocenters. The molecule has 0 aromatic heterocycles. The standard InChI is InChI=1S/C14H17NO5S/c1-11-2-4-13(5-3-11)21(18,19)15-8-6-12(7-9-15)14(17)20-10-16/h2-5,10,12H,6-9H2,1H3. The molecule has 0 radical (unpaired) electrons. The Morgan fingerprint density at radius 3 is 2.33 bits per heavy atom. The van der Waals surface area contributed by atoms with E-state index in [4.69, 9.17) is 0 Å². The predicted molar refractivity (Wildman–Crippen MR) is 74.8 cm³/mol. The molecule has 0 bridgehead atoms. The van der Waals surface area contributed by atoms with E-state index < -0.39 is 21.9 Å². The SMILES string of the molecule is Cc1ccc(S(=O)(=O)N2CCC(C(=O)OC=O)CC2)cc1. The molecule has 0 aliphatic carbocycles. The normalized spacial score (nSPS) is 17.4. The van der Waals surface area contributed by atoms with Crippen LogP contribution >= 0.6 is 0 Å². The summed E-state index contributed by atoms with van der Waals surface area (Å²) in [6.07, 6.45) is 0.718. The van der Waals surface area contributed by atoms with E-state index in [0.29, 0.717) is 12.8 Å². The first-order valence-corrected chi connectivity index (χ1v) is 8.10. The van der Waals surface area contributed by atoms with Crippen LogP contribution in [0.4, 0.5) is 0 Å². The fourth-order valence-corrected chi connectivity index (χ4v) is 3.80. The molecular weight excluding hydrogens is 294 g/mol. The van der Waals surface area contributed by atoms with Crippen LogP contribution in [0.3, 0.4) is 0 Å². The number of aryl methyl sites for hydroxylation is 1. The summed E-state index contributed by atoms with van der Waals surface area (Å²) in [5.74, 6) is -1.00. The van der Waals surface area contributed by atoms with Crippen LogP contribution in [0.2, 0.25) is 0 Å². The van der Waals surface area contributed by atoms with Crippen LogP contribution < -0.4 is 0 Å². The Labute approximate surface area is 123 Å². The minimum Gasteiger partial charge on any atom is -0.395 e. The lowest BCUT2D eigenvalue weighted by molar-refractivity contribution is -0.155. The van der Waals surface area contributed by atoms with Crippen molar-refractivity contribution in [2.45, 2.75) is 24.7 Å². The number of hydrogen-bond acceptors (Lipinski definition) is 5. The zero-order valence-electron chi connectivity index (χ0n) is 11.7. The topological polar surface area (TPSA) is 80.8 Å². The molecule has 0 spiro atoms. The van der Waals surface area contributed by atoms with Crippen LogP contribution in [-0.2, 0) is 24.3 Å². The second-order valence-corrected chi connectivity index (χ2v) is 6.96. The lowest BCUT2D eigenvalue weighted by atomic mass is 9.99. The van der Waals surface area contributed by atoms with Crippen molar-refractivity contribution in [2.75, 3.05) is 13.1 Å². The number of hydrogen-bond donors (Lipinski definition) is 0. The van der Waals surface area contributed by atoms with Crippen LogP contribution in [-0.4, -0.2) is 38.3 Å². The minimum atomic E-state index is -3.53. The molecule has 1 heterocycles. The van der Waals surface area contributed by atoms with Gasteiger partial charge in [0.25, 0.3) is 0 Å². The average Bonchev–Trinajstić information content (AvgIpc) is 2.48. The van der Waals surface area contributed by atoms with Gasteiger partial charge in [-0.15, -0.1) is 0 Å². The summed E-state index contributed by atoms with van der Waals surface area (Å²) in [6.45, 7) is 2.49. The molecule has 21 heavy (non-hydrogen) atoms. The minimum absolute atomic E-state index is 0.109. The van der Waals surface area contributed by atoms with E-state index in [1.807, 2.05) is 6.92 Å². The molecule has 1 aromatic rings. The number of rotatable bonds is 4. The fraction of sp³-hybridized carbons (Fsp3) is 0.429. The van der Waals surface area contributed by atoms with Crippen molar-refractivity contribution in [1.29, 1.82) is 0 Å². The van der Waals surface area contributed by atoms with Crippen LogP contribution in [0.5, 0.6) is 0 Å². The van der Waals surface area contributed by atoms with Crippen LogP contribution in [0.1, 0.15) is 18.4 Å². The van der Waals surface area contributed by atoms with Gasteiger partial charge in [-0.2, -0.15) is 4.31 Å². The van der Waals surface area contributed by atoms with Gasteiger partial charge in [-0.1, -0.05) is 17.7 Å². The zero-order valence-corrected chi connectivity index (χ0v) is 12.5. The van der Waals surface area contributed by atoms with Gasteiger partial charge in [-0.05, 0) is 31.9 Å². The third-order valence-corrected chi connectivity index (χ3v) is 5.52. The van der Waals surface area contributed by atoms with Crippen molar-refractivity contribution in [3.05, 3.63) is 29.8 Å². The maximum absolute atomic E-state index is 12.5. The number of carbonyl (C=O) groups is 2. The highest BCUT2D eigenvalue weighted by Gasteiger charge is 2.32. The van der Waals surface area contributed by atoms with E-state index in [2.05, 4.69) is 4.74 Å². The Hall–Kier alpha value is -1.73. The summed E-state index contributed by atoms with van der Waals surface area (Å²) < 4.78 is 30.6. The number of ether oxygens (including phenoxy) is 1. The van der Waals surface area contributed by atoms with E-state index >= 15 is 0 Å². The van der Waals surface area contributed by atoms with Gasteiger partial charge < -0.3 is 4.74 Å². The lowest BCUT2D eigenvalue weighted by Crippen LogP contribution is -2.40. The average molecular weight is 311 g/mol. The summed E-state index contributed by atoms with van der Waals surface area (Å²) >= 11 is 0. The Bertz CT molecular complexity index is 615. The molecule has 1 fully saturated rings. The van der Waals surface area contributed by atoms with Gasteiger partial charge in [-0.3, -0.25) is 9.59 Å². The number of carbonyl (C=O) groups excluding carboxylic acids is 2. The highest BCUT2D eigenvalue weighted by Crippen LogP contribution is 2.24. The van der Waals surface area contributed by atoms with E-state index in [9.17, 15) is 18.0 Å². The van der Waals surface area contributed by atoms with Crippen molar-refractivity contribution in [3.63, 3.8) is 0 Å². The molecule has 7 heteroatoms. The molecule has 6 nitrogen and oxygen atoms in total. The van der Waals surface area contributed by atoms with Crippen LogP contribution in [0.15, 0.2) is 29.2 Å². The van der Waals surface area contributed by atoms with Gasteiger partial charge in [0.2, 0.25) is 10.0 Å². The maximum atomic E-state index is 12.5. The van der Waals surface area contributed by atoms with Crippen molar-refractivity contribution >= 4 is 22.5 Å². The maximum Gasteiger partial charge on any atom is 0.316 e. The Kier molecular flexibility index (Phi) is 4.74. The van der Waals surface area contributed by atoms with Crippen molar-refractivity contribution in [1.82, 2.24) is 4.31 Å². The second kappa shape index (κ2) is 6.36. The number of piperidine rings is 1. The third-order valence-electron chi connectivity index (χ3n) is 3.61. The molecule has 2 rings (SSSR count). The van der Waals surface area contributed by atoms with E-state index in [1.165, 1.54) is 4.31 Å². The Morgan fingerprint density at radius 1 is 1.24 bits per heavy atom. The lowest BCUT2D eigenvalue weighted by Gasteiger charge is -2.29. The van der Waals surface area contributed by atoms with Gasteiger partial charge in [0.1, 0.15) is 0 Å². The molecule has 114 valence electrons. The van der Waals surface area contributed by atoms with Crippen LogP contribution in [0, 0.1) is 12.8 Å². The predicted octanol–water partition coefficient (Wildman–Crippen LogP) is 1.10. The summed E-state index contributed by atoms with van der Waals surface area (Å²) in [5.41, 5.74) is 0.990. The van der Waals surface area contributed by atoms with Gasteiger partial charge in [0.05, 0.1) is 10.8 Å². The van der Waals surface area contributed by atoms with E-state index in [1.54, 1.807) is 24.3 Å². The summed E-state index contributed by atoms with van der Waals surface area (Å²) in [5, 5.41) is 0.